The lowest BCUT2D eigenvalue weighted by molar-refractivity contribution is 0.0977. The lowest BCUT2D eigenvalue weighted by Gasteiger charge is -2.14. The van der Waals surface area contributed by atoms with Crippen LogP contribution in [0.15, 0.2) is 52.3 Å². The van der Waals surface area contributed by atoms with Gasteiger partial charge in [-0.25, -0.2) is 0 Å². The minimum atomic E-state index is -0.306. The summed E-state index contributed by atoms with van der Waals surface area (Å²) >= 11 is 5.87. The van der Waals surface area contributed by atoms with E-state index in [2.05, 4.69) is 34.5 Å². The van der Waals surface area contributed by atoms with E-state index in [1.165, 1.54) is 6.07 Å². The zero-order valence-corrected chi connectivity index (χ0v) is 16.3. The van der Waals surface area contributed by atoms with Crippen LogP contribution in [0.1, 0.15) is 43.5 Å². The summed E-state index contributed by atoms with van der Waals surface area (Å²) in [6, 6.07) is 11.4. The van der Waals surface area contributed by atoms with Gasteiger partial charge in [0.05, 0.1) is 0 Å². The van der Waals surface area contributed by atoms with E-state index in [0.29, 0.717) is 34.8 Å². The van der Waals surface area contributed by atoms with Crippen LogP contribution in [0.3, 0.4) is 0 Å². The molecular weight excluding hydrogens is 364 g/mol. The molecule has 0 fully saturated rings. The Hall–Kier alpha value is -2.60. The summed E-state index contributed by atoms with van der Waals surface area (Å²) in [4.78, 5) is 31.2. The van der Waals surface area contributed by atoms with Crippen LogP contribution in [-0.4, -0.2) is 23.4 Å². The number of hydrogen-bond acceptors (Lipinski definition) is 3. The van der Waals surface area contributed by atoms with Crippen molar-refractivity contribution in [3.05, 3.63) is 63.4 Å². The zero-order valence-electron chi connectivity index (χ0n) is 15.6. The van der Waals surface area contributed by atoms with Crippen molar-refractivity contribution < 1.29 is 4.79 Å². The van der Waals surface area contributed by atoms with E-state index >= 15 is 0 Å². The van der Waals surface area contributed by atoms with Gasteiger partial charge in [0, 0.05) is 23.2 Å². The van der Waals surface area contributed by atoms with Crippen LogP contribution >= 0.6 is 11.6 Å². The van der Waals surface area contributed by atoms with Crippen molar-refractivity contribution in [1.82, 2.24) is 10.3 Å². The number of halogens is 1. The van der Waals surface area contributed by atoms with E-state index in [4.69, 9.17) is 11.6 Å². The molecule has 1 atom stereocenters. The smallest absolute Gasteiger partial charge is 0.257 e. The molecule has 0 saturated heterocycles. The van der Waals surface area contributed by atoms with Gasteiger partial charge in [0.2, 0.25) is 11.5 Å². The Balaban J connectivity index is 2.18. The van der Waals surface area contributed by atoms with Gasteiger partial charge < -0.3 is 10.3 Å². The molecule has 144 valence electrons. The molecule has 0 aliphatic rings. The third-order valence-corrected chi connectivity index (χ3v) is 4.39. The predicted molar refractivity (Wildman–Crippen MR) is 111 cm³/mol. The van der Waals surface area contributed by atoms with E-state index < -0.39 is 0 Å². The molecule has 1 aromatic heterocycles. The average molecular weight is 389 g/mol. The molecule has 3 N–H and O–H groups in total. The topological polar surface area (TPSA) is 86.3 Å². The molecule has 2 rings (SSSR count). The normalized spacial score (nSPS) is 12.5. The molecule has 1 amide bonds. The molecule has 0 bridgehead atoms. The van der Waals surface area contributed by atoms with Crippen molar-refractivity contribution in [1.29, 1.82) is 0 Å². The summed E-state index contributed by atoms with van der Waals surface area (Å²) in [6.07, 6.45) is 3.17. The Bertz CT molecular complexity index is 830. The summed E-state index contributed by atoms with van der Waals surface area (Å²) in [5.74, 6) is 0.890. The van der Waals surface area contributed by atoms with E-state index in [0.717, 1.165) is 19.3 Å². The fraction of sp³-hybridized carbons (Fsp3) is 0.350. The zero-order chi connectivity index (χ0) is 19.6. The van der Waals surface area contributed by atoms with Crippen LogP contribution in [-0.2, 0) is 0 Å². The van der Waals surface area contributed by atoms with Crippen molar-refractivity contribution in [3.63, 3.8) is 0 Å². The highest BCUT2D eigenvalue weighted by Gasteiger charge is 2.11. The third-order valence-electron chi connectivity index (χ3n) is 4.14. The maximum absolute atomic E-state index is 12.5. The molecule has 27 heavy (non-hydrogen) atoms. The molecule has 0 aliphatic heterocycles. The number of nitrogens with zero attached hydrogens (tertiary/aromatic N) is 1. The van der Waals surface area contributed by atoms with Crippen molar-refractivity contribution in [2.75, 3.05) is 11.9 Å². The van der Waals surface area contributed by atoms with Gasteiger partial charge >= 0.3 is 0 Å². The number of aromatic amines is 1. The number of carbonyl (C=O) groups excluding carboxylic acids is 1. The SMILES string of the molecule is CCCC(CC)CN=C(NC(=O)c1ccc(Cl)cc1)Nc1cccc(=O)[nH]1. The maximum Gasteiger partial charge on any atom is 0.257 e. The Morgan fingerprint density at radius 3 is 2.56 bits per heavy atom. The van der Waals surface area contributed by atoms with E-state index in [1.807, 2.05) is 0 Å². The van der Waals surface area contributed by atoms with Crippen LogP contribution in [0.2, 0.25) is 5.02 Å². The number of aromatic nitrogens is 1. The molecule has 0 aliphatic carbocycles. The molecule has 7 heteroatoms. The molecule has 0 spiro atoms. The van der Waals surface area contributed by atoms with Crippen LogP contribution in [0, 0.1) is 5.92 Å². The first-order valence-corrected chi connectivity index (χ1v) is 9.47. The van der Waals surface area contributed by atoms with Gasteiger partial charge in [-0.2, -0.15) is 0 Å². The number of H-pyrrole nitrogens is 1. The first kappa shape index (κ1) is 20.7. The summed E-state index contributed by atoms with van der Waals surface area (Å²) in [5.41, 5.74) is 0.233. The number of benzene rings is 1. The molecule has 0 saturated carbocycles. The third kappa shape index (κ3) is 6.90. The number of rotatable bonds is 7. The number of pyridine rings is 1. The number of hydrogen-bond donors (Lipinski definition) is 3. The van der Waals surface area contributed by atoms with Gasteiger partial charge in [0.15, 0.2) is 0 Å². The number of carbonyl (C=O) groups is 1. The standard InChI is InChI=1S/C20H25ClN4O2/c1-3-6-14(4-2)13-22-20(24-17-7-5-8-18(26)23-17)25-19(27)15-9-11-16(21)12-10-15/h5,7-12,14H,3-4,6,13H2,1-2H3,(H3,22,23,24,25,26,27). The Labute approximate surface area is 164 Å². The lowest BCUT2D eigenvalue weighted by Crippen LogP contribution is -2.37. The quantitative estimate of drug-likeness (QED) is 0.494. The Morgan fingerprint density at radius 1 is 1.19 bits per heavy atom. The van der Waals surface area contributed by atoms with Gasteiger partial charge in [-0.05, 0) is 42.7 Å². The number of nitrogens with one attached hydrogen (secondary N) is 3. The fourth-order valence-electron chi connectivity index (χ4n) is 2.59. The maximum atomic E-state index is 12.5. The van der Waals surface area contributed by atoms with Gasteiger partial charge in [0.25, 0.3) is 5.91 Å². The molecule has 0 radical (unpaired) electrons. The second-order valence-corrected chi connectivity index (χ2v) is 6.70. The molecule has 1 unspecified atom stereocenters. The monoisotopic (exact) mass is 388 g/mol. The number of amides is 1. The highest BCUT2D eigenvalue weighted by Crippen LogP contribution is 2.12. The number of aliphatic imine (C=N–C) groups is 1. The largest absolute Gasteiger partial charge is 0.312 e. The van der Waals surface area contributed by atoms with Crippen LogP contribution in [0.25, 0.3) is 0 Å². The van der Waals surface area contributed by atoms with Gasteiger partial charge in [-0.1, -0.05) is 44.4 Å². The van der Waals surface area contributed by atoms with Crippen molar-refractivity contribution in [2.24, 2.45) is 10.9 Å². The highest BCUT2D eigenvalue weighted by atomic mass is 35.5. The minimum Gasteiger partial charge on any atom is -0.312 e. The summed E-state index contributed by atoms with van der Waals surface area (Å²) < 4.78 is 0. The van der Waals surface area contributed by atoms with Gasteiger partial charge in [-0.15, -0.1) is 0 Å². The van der Waals surface area contributed by atoms with Crippen LogP contribution < -0.4 is 16.2 Å². The second-order valence-electron chi connectivity index (χ2n) is 6.27. The van der Waals surface area contributed by atoms with Crippen molar-refractivity contribution >= 4 is 29.3 Å². The van der Waals surface area contributed by atoms with E-state index in [-0.39, 0.29) is 11.5 Å². The van der Waals surface area contributed by atoms with Crippen molar-refractivity contribution in [3.8, 4) is 0 Å². The van der Waals surface area contributed by atoms with E-state index in [9.17, 15) is 9.59 Å². The first-order chi connectivity index (χ1) is 13.0. The second kappa shape index (κ2) is 10.5. The van der Waals surface area contributed by atoms with E-state index in [1.54, 1.807) is 36.4 Å². The molecule has 1 heterocycles. The molecular formula is C20H25ClN4O2. The van der Waals surface area contributed by atoms with Crippen LogP contribution in [0.4, 0.5) is 5.82 Å². The lowest BCUT2D eigenvalue weighted by atomic mass is 10.0. The first-order valence-electron chi connectivity index (χ1n) is 9.09. The molecule has 2 aromatic rings. The summed E-state index contributed by atoms with van der Waals surface area (Å²) in [5, 5.41) is 6.33. The average Bonchev–Trinajstić information content (AvgIpc) is 2.65. The minimum absolute atomic E-state index is 0.235. The van der Waals surface area contributed by atoms with Gasteiger partial charge in [-0.3, -0.25) is 19.9 Å². The highest BCUT2D eigenvalue weighted by molar-refractivity contribution is 6.30. The number of anilines is 1. The van der Waals surface area contributed by atoms with Crippen LogP contribution in [0.5, 0.6) is 0 Å². The van der Waals surface area contributed by atoms with Gasteiger partial charge in [0.1, 0.15) is 5.82 Å². The predicted octanol–water partition coefficient (Wildman–Crippen LogP) is 4.05. The Kier molecular flexibility index (Phi) is 8.07. The Morgan fingerprint density at radius 2 is 1.93 bits per heavy atom. The molecule has 1 aromatic carbocycles. The number of guanidine groups is 1. The summed E-state index contributed by atoms with van der Waals surface area (Å²) in [7, 11) is 0. The summed E-state index contributed by atoms with van der Waals surface area (Å²) in [6.45, 7) is 4.86. The fourth-order valence-corrected chi connectivity index (χ4v) is 2.72. The molecule has 6 nitrogen and oxygen atoms in total. The van der Waals surface area contributed by atoms with Crippen molar-refractivity contribution in [2.45, 2.75) is 33.1 Å².